The predicted molar refractivity (Wildman–Crippen MR) is 117 cm³/mol. The molecule has 2 aromatic heterocycles. The molecule has 1 aliphatic carbocycles. The lowest BCUT2D eigenvalue weighted by Gasteiger charge is -2.31. The first-order chi connectivity index (χ1) is 14.6. The van der Waals surface area contributed by atoms with E-state index in [-0.39, 0.29) is 18.0 Å². The minimum Gasteiger partial charge on any atom is -0.298 e. The summed E-state index contributed by atoms with van der Waals surface area (Å²) in [5.74, 6) is 0.769. The Balaban J connectivity index is 1.86. The number of rotatable bonds is 6. The number of halogens is 4. The number of nitrogens with zero attached hydrogens (tertiary/aromatic N) is 4. The largest absolute Gasteiger partial charge is 0.435 e. The van der Waals surface area contributed by atoms with Gasteiger partial charge in [-0.1, -0.05) is 42.6 Å². The van der Waals surface area contributed by atoms with E-state index in [2.05, 4.69) is 9.88 Å². The van der Waals surface area contributed by atoms with Crippen molar-refractivity contribution in [1.82, 2.24) is 18.9 Å². The van der Waals surface area contributed by atoms with Gasteiger partial charge in [-0.2, -0.15) is 13.2 Å². The van der Waals surface area contributed by atoms with Gasteiger partial charge in [-0.25, -0.2) is 4.98 Å². The van der Waals surface area contributed by atoms with Crippen LogP contribution >= 0.6 is 11.6 Å². The van der Waals surface area contributed by atoms with Crippen LogP contribution in [0.1, 0.15) is 54.3 Å². The van der Waals surface area contributed by atoms with Gasteiger partial charge in [0.15, 0.2) is 5.69 Å². The van der Waals surface area contributed by atoms with Crippen LogP contribution in [-0.2, 0) is 12.7 Å². The number of imidazole rings is 2. The third-order valence-electron chi connectivity index (χ3n) is 6.33. The molecule has 0 unspecified atom stereocenters. The summed E-state index contributed by atoms with van der Waals surface area (Å²) in [5, 5.41) is 0.342. The molecule has 4 nitrogen and oxygen atoms in total. The van der Waals surface area contributed by atoms with E-state index in [4.69, 9.17) is 11.6 Å². The molecule has 31 heavy (non-hydrogen) atoms. The Bertz CT molecular complexity index is 1090. The summed E-state index contributed by atoms with van der Waals surface area (Å²) in [6.45, 7) is 9.55. The monoisotopic (exact) mass is 452 g/mol. The summed E-state index contributed by atoms with van der Waals surface area (Å²) in [6, 6.07) is 4.00. The zero-order chi connectivity index (χ0) is 22.5. The normalized spacial score (nSPS) is 15.3. The van der Waals surface area contributed by atoms with Crippen molar-refractivity contribution in [2.24, 2.45) is 5.92 Å². The van der Waals surface area contributed by atoms with E-state index in [1.54, 1.807) is 10.8 Å². The van der Waals surface area contributed by atoms with Crippen LogP contribution in [0.15, 0.2) is 18.3 Å². The zero-order valence-corrected chi connectivity index (χ0v) is 19.1. The topological polar surface area (TPSA) is 25.5 Å². The summed E-state index contributed by atoms with van der Waals surface area (Å²) in [6.07, 6.45) is 0.536. The molecule has 0 amide bonds. The van der Waals surface area contributed by atoms with Gasteiger partial charge in [-0.3, -0.25) is 13.9 Å². The molecule has 168 valence electrons. The highest BCUT2D eigenvalue weighted by Crippen LogP contribution is 2.36. The van der Waals surface area contributed by atoms with Crippen LogP contribution in [0.25, 0.3) is 11.5 Å². The summed E-state index contributed by atoms with van der Waals surface area (Å²) in [5.41, 5.74) is 3.06. The Morgan fingerprint density at radius 3 is 2.32 bits per heavy atom. The van der Waals surface area contributed by atoms with E-state index in [0.29, 0.717) is 17.6 Å². The molecule has 0 saturated heterocycles. The molecule has 1 aromatic carbocycles. The summed E-state index contributed by atoms with van der Waals surface area (Å²) in [4.78, 5) is 6.16. The van der Waals surface area contributed by atoms with Gasteiger partial charge < -0.3 is 0 Å². The Morgan fingerprint density at radius 2 is 1.81 bits per heavy atom. The Morgan fingerprint density at radius 1 is 1.16 bits per heavy atom. The summed E-state index contributed by atoms with van der Waals surface area (Å²) >= 11 is 6.56. The molecule has 1 fully saturated rings. The number of aromatic nitrogens is 3. The van der Waals surface area contributed by atoms with Crippen LogP contribution in [-0.4, -0.2) is 31.9 Å². The minimum atomic E-state index is -4.54. The highest BCUT2D eigenvalue weighted by molar-refractivity contribution is 6.30. The molecule has 1 aliphatic rings. The SMILES string of the molecule is CCN(Cc1c(C(F)(F)F)nc2n(-c3c(C)cc(C)cc3C)c(Cl)cn12)CC1CCC1. The highest BCUT2D eigenvalue weighted by Gasteiger charge is 2.39. The van der Waals surface area contributed by atoms with Crippen molar-refractivity contribution >= 4 is 17.4 Å². The fourth-order valence-corrected chi connectivity index (χ4v) is 4.93. The number of fused-ring (bicyclic) bond motifs is 1. The number of hydrogen-bond acceptors (Lipinski definition) is 2. The van der Waals surface area contributed by atoms with Crippen molar-refractivity contribution in [2.45, 2.75) is 59.7 Å². The van der Waals surface area contributed by atoms with Gasteiger partial charge in [-0.05, 0) is 57.2 Å². The van der Waals surface area contributed by atoms with E-state index < -0.39 is 11.9 Å². The fraction of sp³-hybridized carbons (Fsp3) is 0.522. The van der Waals surface area contributed by atoms with Crippen LogP contribution < -0.4 is 0 Å². The molecule has 8 heteroatoms. The van der Waals surface area contributed by atoms with Crippen LogP contribution in [0.2, 0.25) is 5.15 Å². The Kier molecular flexibility index (Phi) is 5.85. The molecule has 2 heterocycles. The second-order valence-electron chi connectivity index (χ2n) is 8.73. The molecule has 0 N–H and O–H groups in total. The molecule has 0 radical (unpaired) electrons. The second-order valence-corrected chi connectivity index (χ2v) is 9.12. The second kappa shape index (κ2) is 8.17. The van der Waals surface area contributed by atoms with E-state index in [1.165, 1.54) is 10.8 Å². The maximum absolute atomic E-state index is 14.0. The van der Waals surface area contributed by atoms with E-state index in [1.807, 2.05) is 39.8 Å². The number of aryl methyl sites for hydroxylation is 3. The quantitative estimate of drug-likeness (QED) is 0.435. The molecule has 1 saturated carbocycles. The fourth-order valence-electron chi connectivity index (χ4n) is 4.67. The third kappa shape index (κ3) is 4.10. The molecule has 0 aliphatic heterocycles. The van der Waals surface area contributed by atoms with E-state index >= 15 is 0 Å². The molecular formula is C23H28ClF3N4. The van der Waals surface area contributed by atoms with Gasteiger partial charge in [-0.15, -0.1) is 0 Å². The smallest absolute Gasteiger partial charge is 0.298 e. The third-order valence-corrected chi connectivity index (χ3v) is 6.60. The average Bonchev–Trinajstić information content (AvgIpc) is 3.12. The van der Waals surface area contributed by atoms with E-state index in [0.717, 1.165) is 41.8 Å². The first-order valence-corrected chi connectivity index (χ1v) is 11.1. The molecule has 0 spiro atoms. The van der Waals surface area contributed by atoms with Crippen LogP contribution in [0.4, 0.5) is 13.2 Å². The lowest BCUT2D eigenvalue weighted by molar-refractivity contribution is -0.141. The van der Waals surface area contributed by atoms with Gasteiger partial charge in [0.1, 0.15) is 5.15 Å². The van der Waals surface area contributed by atoms with Gasteiger partial charge in [0.2, 0.25) is 5.78 Å². The minimum absolute atomic E-state index is 0.145. The molecule has 4 rings (SSSR count). The summed E-state index contributed by atoms with van der Waals surface area (Å²) in [7, 11) is 0. The van der Waals surface area contributed by atoms with Crippen molar-refractivity contribution in [1.29, 1.82) is 0 Å². The number of hydrogen-bond donors (Lipinski definition) is 0. The zero-order valence-electron chi connectivity index (χ0n) is 18.4. The predicted octanol–water partition coefficient (Wildman–Crippen LogP) is 6.34. The molecule has 0 bridgehead atoms. The van der Waals surface area contributed by atoms with Gasteiger partial charge in [0, 0.05) is 19.3 Å². The van der Waals surface area contributed by atoms with Crippen molar-refractivity contribution in [3.8, 4) is 5.69 Å². The van der Waals surface area contributed by atoms with Crippen molar-refractivity contribution < 1.29 is 13.2 Å². The van der Waals surface area contributed by atoms with Crippen LogP contribution in [0.5, 0.6) is 0 Å². The van der Waals surface area contributed by atoms with Crippen LogP contribution in [0.3, 0.4) is 0 Å². The van der Waals surface area contributed by atoms with E-state index in [9.17, 15) is 13.2 Å². The van der Waals surface area contributed by atoms with Crippen molar-refractivity contribution in [3.05, 3.63) is 51.6 Å². The average molecular weight is 453 g/mol. The maximum Gasteiger partial charge on any atom is 0.435 e. The standard InChI is InChI=1S/C23H28ClF3N4/c1-5-29(11-17-7-6-8-17)12-18-21(23(25,26)27)28-22-30(18)13-19(24)31(22)20-15(3)9-14(2)10-16(20)4/h9-10,13,17H,5-8,11-12H2,1-4H3. The lowest BCUT2D eigenvalue weighted by atomic mass is 9.85. The molecule has 3 aromatic rings. The Labute approximate surface area is 185 Å². The van der Waals surface area contributed by atoms with Gasteiger partial charge in [0.05, 0.1) is 11.4 Å². The van der Waals surface area contributed by atoms with Gasteiger partial charge >= 0.3 is 6.18 Å². The highest BCUT2D eigenvalue weighted by atomic mass is 35.5. The molecular weight excluding hydrogens is 425 g/mol. The Hall–Kier alpha value is -1.99. The maximum atomic E-state index is 14.0. The summed E-state index contributed by atoms with van der Waals surface area (Å²) < 4.78 is 45.1. The number of alkyl halides is 3. The first kappa shape index (κ1) is 22.2. The van der Waals surface area contributed by atoms with Crippen LogP contribution in [0, 0.1) is 26.7 Å². The van der Waals surface area contributed by atoms with Crippen molar-refractivity contribution in [3.63, 3.8) is 0 Å². The first-order valence-electron chi connectivity index (χ1n) is 10.8. The number of benzene rings is 1. The van der Waals surface area contributed by atoms with Gasteiger partial charge in [0.25, 0.3) is 0 Å². The van der Waals surface area contributed by atoms with Crippen molar-refractivity contribution in [2.75, 3.05) is 13.1 Å². The molecule has 0 atom stereocenters. The lowest BCUT2D eigenvalue weighted by Crippen LogP contribution is -2.33.